The second-order valence-electron chi connectivity index (χ2n) is 7.47. The molecular formula is C24H29N5. The van der Waals surface area contributed by atoms with E-state index in [0.29, 0.717) is 5.56 Å². The molecule has 0 bridgehead atoms. The van der Waals surface area contributed by atoms with Gasteiger partial charge in [-0.15, -0.1) is 0 Å². The van der Waals surface area contributed by atoms with Crippen molar-refractivity contribution in [2.75, 3.05) is 30.8 Å². The van der Waals surface area contributed by atoms with Crippen molar-refractivity contribution < 1.29 is 0 Å². The van der Waals surface area contributed by atoms with Crippen molar-refractivity contribution in [3.05, 3.63) is 65.2 Å². The zero-order valence-electron chi connectivity index (χ0n) is 17.5. The van der Waals surface area contributed by atoms with Crippen LogP contribution in [0.4, 0.5) is 11.4 Å². The molecule has 5 heteroatoms. The third-order valence-corrected chi connectivity index (χ3v) is 5.34. The van der Waals surface area contributed by atoms with Crippen molar-refractivity contribution >= 4 is 23.4 Å². The number of para-hydroxylation sites is 1. The van der Waals surface area contributed by atoms with Crippen LogP contribution in [0.25, 0.3) is 5.70 Å². The molecule has 0 amide bonds. The molecule has 2 N–H and O–H groups in total. The van der Waals surface area contributed by atoms with Gasteiger partial charge in [-0.2, -0.15) is 5.26 Å². The largest absolute Gasteiger partial charge is 0.377 e. The number of benzene rings is 2. The van der Waals surface area contributed by atoms with Crippen LogP contribution in [0, 0.1) is 18.3 Å². The Kier molecular flexibility index (Phi) is 6.56. The number of hydrogen-bond acceptors (Lipinski definition) is 4. The Bertz CT molecular complexity index is 948. The minimum atomic E-state index is -0.0118. The molecule has 0 spiro atoms. The molecule has 5 nitrogen and oxygen atoms in total. The number of likely N-dealkylation sites (tertiary alicyclic amines) is 1. The molecule has 2 aromatic carbocycles. The molecule has 2 aromatic rings. The summed E-state index contributed by atoms with van der Waals surface area (Å²) < 4.78 is 0. The lowest BCUT2D eigenvalue weighted by atomic mass is 9.96. The quantitative estimate of drug-likeness (QED) is 0.508. The number of nitrogens with zero attached hydrogens (tertiary/aromatic N) is 3. The summed E-state index contributed by atoms with van der Waals surface area (Å²) in [5, 5.41) is 16.3. The fraction of sp³-hybridized carbons (Fsp3) is 0.333. The molecular weight excluding hydrogens is 358 g/mol. The number of hydrogen-bond donors (Lipinski definition) is 2. The average molecular weight is 388 g/mol. The smallest absolute Gasteiger partial charge is 0.101 e. The van der Waals surface area contributed by atoms with Crippen LogP contribution in [0.3, 0.4) is 0 Å². The van der Waals surface area contributed by atoms with Crippen LogP contribution in [0.2, 0.25) is 0 Å². The van der Waals surface area contributed by atoms with Crippen LogP contribution < -0.4 is 10.6 Å². The van der Waals surface area contributed by atoms with E-state index in [1.807, 2.05) is 24.3 Å². The first-order chi connectivity index (χ1) is 14.0. The lowest BCUT2D eigenvalue weighted by Crippen LogP contribution is -2.19. The summed E-state index contributed by atoms with van der Waals surface area (Å²) in [6, 6.07) is 14.2. The lowest BCUT2D eigenvalue weighted by molar-refractivity contribution is 0.494. The summed E-state index contributed by atoms with van der Waals surface area (Å²) in [4.78, 5) is 6.48. The first kappa shape index (κ1) is 20.5. The minimum absolute atomic E-state index is 0.0118. The summed E-state index contributed by atoms with van der Waals surface area (Å²) in [7, 11) is 1.75. The molecule has 1 unspecified atom stereocenters. The van der Waals surface area contributed by atoms with Gasteiger partial charge >= 0.3 is 0 Å². The second-order valence-corrected chi connectivity index (χ2v) is 7.47. The monoisotopic (exact) mass is 387 g/mol. The maximum absolute atomic E-state index is 9.42. The second kappa shape index (κ2) is 9.29. The Hall–Kier alpha value is -3.26. The van der Waals surface area contributed by atoms with Gasteiger partial charge in [0.15, 0.2) is 0 Å². The van der Waals surface area contributed by atoms with Crippen molar-refractivity contribution in [3.8, 4) is 6.07 Å². The highest BCUT2D eigenvalue weighted by molar-refractivity contribution is 5.86. The molecule has 150 valence electrons. The van der Waals surface area contributed by atoms with Crippen LogP contribution in [0.1, 0.15) is 48.1 Å². The van der Waals surface area contributed by atoms with E-state index in [9.17, 15) is 5.26 Å². The topological polar surface area (TPSA) is 63.5 Å². The molecule has 1 aliphatic rings. The van der Waals surface area contributed by atoms with E-state index in [0.717, 1.165) is 41.3 Å². The number of aliphatic imine (C=N–C) groups is 1. The van der Waals surface area contributed by atoms with Gasteiger partial charge in [0.05, 0.1) is 29.3 Å². The Morgan fingerprint density at radius 2 is 2.00 bits per heavy atom. The van der Waals surface area contributed by atoms with E-state index >= 15 is 0 Å². The van der Waals surface area contributed by atoms with Crippen LogP contribution in [0.5, 0.6) is 0 Å². The van der Waals surface area contributed by atoms with Crippen molar-refractivity contribution in [1.29, 1.82) is 5.26 Å². The molecule has 0 aromatic heterocycles. The van der Waals surface area contributed by atoms with E-state index in [4.69, 9.17) is 0 Å². The molecule has 3 rings (SSSR count). The van der Waals surface area contributed by atoms with Gasteiger partial charge in [-0.1, -0.05) is 24.8 Å². The Labute approximate surface area is 173 Å². The summed E-state index contributed by atoms with van der Waals surface area (Å²) in [6.07, 6.45) is 4.13. The van der Waals surface area contributed by atoms with E-state index < -0.39 is 0 Å². The van der Waals surface area contributed by atoms with Crippen LogP contribution in [-0.4, -0.2) is 31.4 Å². The minimum Gasteiger partial charge on any atom is -0.377 e. The summed E-state index contributed by atoms with van der Waals surface area (Å²) in [5.74, 6) is 0. The third-order valence-electron chi connectivity index (χ3n) is 5.34. The van der Waals surface area contributed by atoms with E-state index in [1.54, 1.807) is 13.4 Å². The molecule has 29 heavy (non-hydrogen) atoms. The fourth-order valence-corrected chi connectivity index (χ4v) is 3.85. The Morgan fingerprint density at radius 3 is 2.69 bits per heavy atom. The number of nitriles is 1. The van der Waals surface area contributed by atoms with Gasteiger partial charge in [-0.05, 0) is 56.0 Å². The zero-order chi connectivity index (χ0) is 20.8. The van der Waals surface area contributed by atoms with Gasteiger partial charge in [0.25, 0.3) is 0 Å². The maximum Gasteiger partial charge on any atom is 0.101 e. The first-order valence-corrected chi connectivity index (χ1v) is 10.1. The highest BCUT2D eigenvalue weighted by Crippen LogP contribution is 2.36. The predicted molar refractivity (Wildman–Crippen MR) is 122 cm³/mol. The highest BCUT2D eigenvalue weighted by Gasteiger charge is 2.21. The third kappa shape index (κ3) is 4.60. The molecule has 1 saturated heterocycles. The molecule has 0 radical (unpaired) electrons. The van der Waals surface area contributed by atoms with E-state index in [-0.39, 0.29) is 6.04 Å². The van der Waals surface area contributed by atoms with Crippen LogP contribution in [-0.2, 0) is 0 Å². The summed E-state index contributed by atoms with van der Waals surface area (Å²) >= 11 is 0. The molecule has 0 saturated carbocycles. The van der Waals surface area contributed by atoms with Gasteiger partial charge in [-0.25, -0.2) is 0 Å². The normalized spacial score (nSPS) is 14.6. The van der Waals surface area contributed by atoms with Gasteiger partial charge in [0, 0.05) is 31.4 Å². The van der Waals surface area contributed by atoms with Crippen molar-refractivity contribution in [2.24, 2.45) is 4.99 Å². The molecule has 1 atom stereocenters. The van der Waals surface area contributed by atoms with Crippen LogP contribution in [0.15, 0.2) is 48.0 Å². The van der Waals surface area contributed by atoms with Gasteiger partial charge < -0.3 is 15.5 Å². The fourth-order valence-electron chi connectivity index (χ4n) is 3.85. The number of rotatable bonds is 7. The lowest BCUT2D eigenvalue weighted by Gasteiger charge is -2.27. The van der Waals surface area contributed by atoms with Crippen molar-refractivity contribution in [1.82, 2.24) is 4.90 Å². The summed E-state index contributed by atoms with van der Waals surface area (Å²) in [5.41, 5.74) is 6.92. The average Bonchev–Trinajstić information content (AvgIpc) is 3.27. The number of nitrogens with one attached hydrogen (secondary N) is 2. The zero-order valence-corrected chi connectivity index (χ0v) is 17.5. The predicted octanol–water partition coefficient (Wildman–Crippen LogP) is 5.18. The van der Waals surface area contributed by atoms with Crippen LogP contribution >= 0.6 is 0 Å². The Morgan fingerprint density at radius 1 is 1.28 bits per heavy atom. The first-order valence-electron chi connectivity index (χ1n) is 10.1. The number of aryl methyl sites for hydroxylation is 1. The number of anilines is 2. The molecule has 1 aliphatic heterocycles. The van der Waals surface area contributed by atoms with Gasteiger partial charge in [-0.3, -0.25) is 4.99 Å². The van der Waals surface area contributed by atoms with Gasteiger partial charge in [0.2, 0.25) is 0 Å². The molecule has 1 heterocycles. The van der Waals surface area contributed by atoms with E-state index in [2.05, 4.69) is 59.2 Å². The molecule has 0 aliphatic carbocycles. The maximum atomic E-state index is 9.42. The van der Waals surface area contributed by atoms with Crippen molar-refractivity contribution in [3.63, 3.8) is 0 Å². The van der Waals surface area contributed by atoms with E-state index in [1.165, 1.54) is 18.4 Å². The standard InChI is InChI=1S/C24H29N5/c1-17-13-21(18(2)28-23-10-6-5-9-20(23)15-25)24(27-16-26-4)22(14-17)19(3)29-11-7-8-12-29/h5-6,9-10,13-14,16,18,28H,3,7-8,11-12H2,1-2,4H3,(H,26,27). The highest BCUT2D eigenvalue weighted by atomic mass is 15.2. The summed E-state index contributed by atoms with van der Waals surface area (Å²) in [6.45, 7) is 10.7. The Balaban J connectivity index is 2.02. The van der Waals surface area contributed by atoms with Gasteiger partial charge in [0.1, 0.15) is 6.07 Å². The van der Waals surface area contributed by atoms with Crippen molar-refractivity contribution in [2.45, 2.75) is 32.7 Å². The molecule has 1 fully saturated rings. The SMILES string of the molecule is C=C(c1cc(C)cc(C(C)Nc2ccccc2C#N)c1NC=NC)N1CCCC1.